The number of rotatable bonds is 4. The molecule has 3 aromatic carbocycles. The maximum absolute atomic E-state index is 14.8. The van der Waals surface area contributed by atoms with Crippen LogP contribution in [0.15, 0.2) is 65.7 Å². The summed E-state index contributed by atoms with van der Waals surface area (Å²) < 4.78 is 57.4. The minimum atomic E-state index is -1.39. The number of isothiocyanates is 1. The molecule has 0 aliphatic heterocycles. The molecule has 0 N–H and O–H groups in total. The number of aryl methyl sites for hydroxylation is 1. The lowest BCUT2D eigenvalue weighted by molar-refractivity contribution is 0.585. The molecule has 0 aromatic heterocycles. The predicted molar refractivity (Wildman–Crippen MR) is 118 cm³/mol. The van der Waals surface area contributed by atoms with Gasteiger partial charge >= 0.3 is 0 Å². The fourth-order valence-electron chi connectivity index (χ4n) is 2.90. The van der Waals surface area contributed by atoms with Crippen LogP contribution in [0.5, 0.6) is 0 Å². The van der Waals surface area contributed by atoms with Crippen LogP contribution in [0.2, 0.25) is 0 Å². The molecule has 31 heavy (non-hydrogen) atoms. The highest BCUT2D eigenvalue weighted by Crippen LogP contribution is 2.33. The van der Waals surface area contributed by atoms with Gasteiger partial charge in [0.15, 0.2) is 23.3 Å². The lowest BCUT2D eigenvalue weighted by atomic mass is 10.00. The molecule has 0 bridgehead atoms. The number of nitrogens with zero attached hydrogens (tertiary/aromatic N) is 1. The largest absolute Gasteiger partial charge is 0.204 e. The van der Waals surface area contributed by atoms with E-state index < -0.39 is 34.5 Å². The number of hydrogen-bond donors (Lipinski definition) is 0. The van der Waals surface area contributed by atoms with E-state index in [0.29, 0.717) is 29.7 Å². The van der Waals surface area contributed by atoms with E-state index in [-0.39, 0.29) is 5.56 Å². The molecular formula is C25H15F4NS. The molecule has 0 spiro atoms. The highest BCUT2D eigenvalue weighted by Gasteiger charge is 2.17. The summed E-state index contributed by atoms with van der Waals surface area (Å²) in [5, 5.41) is 1.84. The molecular weight excluding hydrogens is 422 g/mol. The minimum Gasteiger partial charge on any atom is -0.204 e. The van der Waals surface area contributed by atoms with Crippen LogP contribution in [0.1, 0.15) is 34.7 Å². The van der Waals surface area contributed by atoms with Gasteiger partial charge in [-0.2, -0.15) is 4.99 Å². The second-order valence-corrected chi connectivity index (χ2v) is 6.64. The van der Waals surface area contributed by atoms with Gasteiger partial charge in [-0.1, -0.05) is 43.0 Å². The van der Waals surface area contributed by atoms with E-state index in [1.165, 1.54) is 12.1 Å². The topological polar surface area (TPSA) is 12.4 Å². The van der Waals surface area contributed by atoms with Gasteiger partial charge in [-0.05, 0) is 60.6 Å². The van der Waals surface area contributed by atoms with Crippen molar-refractivity contribution in [3.8, 4) is 11.8 Å². The van der Waals surface area contributed by atoms with Crippen LogP contribution in [0.4, 0.5) is 23.2 Å². The second kappa shape index (κ2) is 9.99. The molecule has 0 fully saturated rings. The maximum Gasteiger partial charge on any atom is 0.166 e. The lowest BCUT2D eigenvalue weighted by Crippen LogP contribution is -1.93. The smallest absolute Gasteiger partial charge is 0.166 e. The SMILES string of the molecule is CCc1cc(/C(F)=C(\F)c2cc(F)c(N=C=S)c(F)c2)ccc1C#Cc1ccccc1. The van der Waals surface area contributed by atoms with Crippen LogP contribution in [0, 0.1) is 23.5 Å². The highest BCUT2D eigenvalue weighted by molar-refractivity contribution is 7.78. The first-order chi connectivity index (χ1) is 14.9. The summed E-state index contributed by atoms with van der Waals surface area (Å²) in [5.74, 6) is 1.10. The van der Waals surface area contributed by atoms with Gasteiger partial charge in [-0.25, -0.2) is 17.6 Å². The van der Waals surface area contributed by atoms with E-state index in [2.05, 4.69) is 29.1 Å². The molecule has 0 atom stereocenters. The van der Waals surface area contributed by atoms with Crippen molar-refractivity contribution in [3.63, 3.8) is 0 Å². The Balaban J connectivity index is 1.99. The summed E-state index contributed by atoms with van der Waals surface area (Å²) in [7, 11) is 0. The van der Waals surface area contributed by atoms with E-state index in [1.54, 1.807) is 6.07 Å². The standard InChI is InChI=1S/C25H15F4NS/c1-2-17-12-19(11-10-18(17)9-8-16-6-4-3-5-7-16)23(28)24(29)20-13-21(26)25(30-15-31)22(27)14-20/h3-7,10-14H,2H2,1H3/b24-23+. The Hall–Kier alpha value is -3.52. The summed E-state index contributed by atoms with van der Waals surface area (Å²) >= 11 is 4.32. The van der Waals surface area contributed by atoms with Gasteiger partial charge in [0.25, 0.3) is 0 Å². The fraction of sp³-hybridized carbons (Fsp3) is 0.0800. The number of hydrogen-bond acceptors (Lipinski definition) is 2. The Labute approximate surface area is 182 Å². The second-order valence-electron chi connectivity index (χ2n) is 6.46. The summed E-state index contributed by atoms with van der Waals surface area (Å²) in [4.78, 5) is 3.25. The molecule has 3 rings (SSSR count). The molecule has 1 nitrogen and oxygen atoms in total. The third-order valence-electron chi connectivity index (χ3n) is 4.48. The van der Waals surface area contributed by atoms with Gasteiger partial charge < -0.3 is 0 Å². The minimum absolute atomic E-state index is 0.0542. The van der Waals surface area contributed by atoms with Crippen molar-refractivity contribution in [2.75, 3.05) is 0 Å². The Bertz CT molecular complexity index is 1240. The van der Waals surface area contributed by atoms with Crippen LogP contribution in [-0.4, -0.2) is 5.16 Å². The molecule has 0 amide bonds. The van der Waals surface area contributed by atoms with Crippen LogP contribution in [0.3, 0.4) is 0 Å². The van der Waals surface area contributed by atoms with Crippen molar-refractivity contribution < 1.29 is 17.6 Å². The van der Waals surface area contributed by atoms with E-state index in [9.17, 15) is 17.6 Å². The first kappa shape index (κ1) is 22.2. The van der Waals surface area contributed by atoms with Crippen LogP contribution >= 0.6 is 12.2 Å². The zero-order valence-electron chi connectivity index (χ0n) is 16.3. The zero-order chi connectivity index (χ0) is 22.4. The van der Waals surface area contributed by atoms with Gasteiger partial charge in [0.2, 0.25) is 0 Å². The predicted octanol–water partition coefficient (Wildman–Crippen LogP) is 7.43. The molecule has 0 saturated carbocycles. The lowest BCUT2D eigenvalue weighted by Gasteiger charge is -2.08. The summed E-state index contributed by atoms with van der Waals surface area (Å²) in [6.45, 7) is 1.87. The van der Waals surface area contributed by atoms with E-state index >= 15 is 0 Å². The van der Waals surface area contributed by atoms with Gasteiger partial charge in [0.05, 0.1) is 5.16 Å². The van der Waals surface area contributed by atoms with Crippen molar-refractivity contribution in [1.29, 1.82) is 0 Å². The quantitative estimate of drug-likeness (QED) is 0.136. The van der Waals surface area contributed by atoms with E-state index in [0.717, 1.165) is 5.56 Å². The molecule has 0 radical (unpaired) electrons. The first-order valence-electron chi connectivity index (χ1n) is 9.27. The fourth-order valence-corrected chi connectivity index (χ4v) is 3.00. The average molecular weight is 437 g/mol. The summed E-state index contributed by atoms with van der Waals surface area (Å²) in [6, 6.07) is 15.1. The van der Waals surface area contributed by atoms with Gasteiger partial charge in [0, 0.05) is 22.3 Å². The summed E-state index contributed by atoms with van der Waals surface area (Å²) in [5.41, 5.74) is 0.885. The third kappa shape index (κ3) is 5.16. The monoisotopic (exact) mass is 437 g/mol. The normalized spacial score (nSPS) is 11.1. The van der Waals surface area contributed by atoms with Gasteiger partial charge in [-0.15, -0.1) is 0 Å². The Morgan fingerprint density at radius 3 is 2.13 bits per heavy atom. The zero-order valence-corrected chi connectivity index (χ0v) is 17.2. The first-order valence-corrected chi connectivity index (χ1v) is 9.68. The van der Waals surface area contributed by atoms with Gasteiger partial charge in [-0.3, -0.25) is 0 Å². The summed E-state index contributed by atoms with van der Waals surface area (Å²) in [6.07, 6.45) is 0.537. The molecule has 6 heteroatoms. The number of aliphatic imine (C=N–C) groups is 1. The Morgan fingerprint density at radius 2 is 1.52 bits per heavy atom. The number of halogens is 4. The van der Waals surface area contributed by atoms with Crippen molar-refractivity contribution in [2.45, 2.75) is 13.3 Å². The Morgan fingerprint density at radius 1 is 0.871 bits per heavy atom. The van der Waals surface area contributed by atoms with Crippen LogP contribution in [0.25, 0.3) is 11.7 Å². The molecule has 0 aliphatic rings. The van der Waals surface area contributed by atoms with Crippen LogP contribution < -0.4 is 0 Å². The molecule has 0 saturated heterocycles. The third-order valence-corrected chi connectivity index (χ3v) is 4.57. The van der Waals surface area contributed by atoms with Gasteiger partial charge in [0.1, 0.15) is 5.69 Å². The molecule has 0 aliphatic carbocycles. The molecule has 0 unspecified atom stereocenters. The van der Waals surface area contributed by atoms with E-state index in [4.69, 9.17) is 0 Å². The van der Waals surface area contributed by atoms with Crippen molar-refractivity contribution >= 4 is 34.7 Å². The van der Waals surface area contributed by atoms with Crippen LogP contribution in [-0.2, 0) is 6.42 Å². The Kier molecular flexibility index (Phi) is 7.15. The number of thiocarbonyl (C=S) groups is 1. The molecule has 3 aromatic rings. The van der Waals surface area contributed by atoms with Crippen molar-refractivity contribution in [1.82, 2.24) is 0 Å². The molecule has 154 valence electrons. The molecule has 0 heterocycles. The van der Waals surface area contributed by atoms with Crippen molar-refractivity contribution in [2.24, 2.45) is 4.99 Å². The maximum atomic E-state index is 14.8. The van der Waals surface area contributed by atoms with Crippen molar-refractivity contribution in [3.05, 3.63) is 100 Å². The number of benzene rings is 3. The average Bonchev–Trinajstić information content (AvgIpc) is 2.79. The van der Waals surface area contributed by atoms with E-state index in [1.807, 2.05) is 42.4 Å². The highest BCUT2D eigenvalue weighted by atomic mass is 32.1.